The van der Waals surface area contributed by atoms with Gasteiger partial charge in [0.2, 0.25) is 0 Å². The Morgan fingerprint density at radius 1 is 1.07 bits per heavy atom. The van der Waals surface area contributed by atoms with Crippen LogP contribution >= 0.6 is 0 Å². The van der Waals surface area contributed by atoms with Gasteiger partial charge in [-0.3, -0.25) is 15.1 Å². The Balaban J connectivity index is 1.62. The van der Waals surface area contributed by atoms with Gasteiger partial charge in [-0.2, -0.15) is 0 Å². The zero-order valence-corrected chi connectivity index (χ0v) is 17.6. The number of hydrogen-bond acceptors (Lipinski definition) is 3. The summed E-state index contributed by atoms with van der Waals surface area (Å²) in [5.41, 5.74) is 5.54. The predicted molar refractivity (Wildman–Crippen MR) is 110 cm³/mol. The Bertz CT molecular complexity index is 712. The van der Waals surface area contributed by atoms with Crippen LogP contribution in [0.5, 0.6) is 0 Å². The molecule has 4 heteroatoms. The van der Waals surface area contributed by atoms with Crippen molar-refractivity contribution in [2.75, 3.05) is 5.32 Å². The van der Waals surface area contributed by atoms with Crippen molar-refractivity contribution in [2.24, 2.45) is 11.3 Å². The molecule has 148 valence electrons. The summed E-state index contributed by atoms with van der Waals surface area (Å²) in [7, 11) is 0. The fraction of sp³-hybridized carbons (Fsp3) is 0.609. The molecule has 1 saturated carbocycles. The molecule has 27 heavy (non-hydrogen) atoms. The molecule has 3 rings (SSSR count). The highest BCUT2D eigenvalue weighted by Gasteiger charge is 2.42. The van der Waals surface area contributed by atoms with E-state index < -0.39 is 0 Å². The third-order valence-corrected chi connectivity index (χ3v) is 6.08. The largest absolute Gasteiger partial charge is 0.321 e. The SMILES string of the molecule is CC(C)(C)c1ccc(NC(=O)C2=CC3(CCC(C(C)(C)C)CC3)ON2)cc1. The van der Waals surface area contributed by atoms with Gasteiger partial charge in [0.25, 0.3) is 5.91 Å². The molecule has 0 unspecified atom stereocenters. The topological polar surface area (TPSA) is 50.4 Å². The van der Waals surface area contributed by atoms with E-state index >= 15 is 0 Å². The molecule has 1 spiro atoms. The average molecular weight is 371 g/mol. The molecule has 1 fully saturated rings. The molecular weight excluding hydrogens is 336 g/mol. The normalized spacial score (nSPS) is 25.9. The number of nitrogens with one attached hydrogen (secondary N) is 2. The number of hydroxylamine groups is 1. The van der Waals surface area contributed by atoms with E-state index in [-0.39, 0.29) is 16.9 Å². The Morgan fingerprint density at radius 3 is 2.19 bits per heavy atom. The number of hydrogen-bond donors (Lipinski definition) is 2. The van der Waals surface area contributed by atoms with Crippen molar-refractivity contribution in [3.05, 3.63) is 41.6 Å². The van der Waals surface area contributed by atoms with Gasteiger partial charge < -0.3 is 5.32 Å². The second kappa shape index (κ2) is 6.97. The van der Waals surface area contributed by atoms with E-state index in [2.05, 4.69) is 64.5 Å². The molecule has 1 aromatic carbocycles. The molecule has 1 heterocycles. The number of anilines is 1. The van der Waals surface area contributed by atoms with Crippen LogP contribution in [0.25, 0.3) is 0 Å². The summed E-state index contributed by atoms with van der Waals surface area (Å²) in [5, 5.41) is 2.97. The van der Waals surface area contributed by atoms with Crippen molar-refractivity contribution in [3.63, 3.8) is 0 Å². The number of amides is 1. The lowest BCUT2D eigenvalue weighted by molar-refractivity contribution is -0.115. The monoisotopic (exact) mass is 370 g/mol. The highest BCUT2D eigenvalue weighted by molar-refractivity contribution is 6.03. The number of carbonyl (C=O) groups is 1. The van der Waals surface area contributed by atoms with Gasteiger partial charge in [-0.15, -0.1) is 0 Å². The first-order valence-electron chi connectivity index (χ1n) is 10.1. The molecule has 1 aliphatic heterocycles. The zero-order chi connectivity index (χ0) is 19.9. The van der Waals surface area contributed by atoms with Crippen LogP contribution in [0.1, 0.15) is 72.8 Å². The number of carbonyl (C=O) groups excluding carboxylic acids is 1. The lowest BCUT2D eigenvalue weighted by Crippen LogP contribution is -2.37. The van der Waals surface area contributed by atoms with Crippen molar-refractivity contribution >= 4 is 11.6 Å². The second-order valence-electron chi connectivity index (χ2n) is 10.2. The summed E-state index contributed by atoms with van der Waals surface area (Å²) in [6, 6.07) is 8.05. The minimum atomic E-state index is -0.329. The Hall–Kier alpha value is -1.81. The third kappa shape index (κ3) is 4.55. The van der Waals surface area contributed by atoms with Crippen LogP contribution in [0.3, 0.4) is 0 Å². The maximum Gasteiger partial charge on any atom is 0.273 e. The van der Waals surface area contributed by atoms with Gasteiger partial charge in [0, 0.05) is 5.69 Å². The fourth-order valence-corrected chi connectivity index (χ4v) is 4.06. The Labute approximate surface area is 163 Å². The van der Waals surface area contributed by atoms with Crippen molar-refractivity contribution in [2.45, 2.75) is 78.2 Å². The standard InChI is InChI=1S/C23H34N2O2/c1-21(2,3)16-7-9-18(10-8-16)24-20(26)19-15-23(27-25-19)13-11-17(12-14-23)22(4,5)6/h7-10,15,17,25H,11-14H2,1-6H3,(H,24,26). The minimum absolute atomic E-state index is 0.101. The van der Waals surface area contributed by atoms with Gasteiger partial charge in [0.05, 0.1) is 0 Å². The summed E-state index contributed by atoms with van der Waals surface area (Å²) >= 11 is 0. The molecule has 1 amide bonds. The molecule has 0 bridgehead atoms. The molecular formula is C23H34N2O2. The van der Waals surface area contributed by atoms with Crippen LogP contribution in [-0.4, -0.2) is 11.5 Å². The summed E-state index contributed by atoms with van der Waals surface area (Å²) in [4.78, 5) is 18.5. The van der Waals surface area contributed by atoms with Crippen molar-refractivity contribution in [3.8, 4) is 0 Å². The second-order valence-corrected chi connectivity index (χ2v) is 10.2. The van der Waals surface area contributed by atoms with Gasteiger partial charge in [-0.25, -0.2) is 0 Å². The highest BCUT2D eigenvalue weighted by Crippen LogP contribution is 2.44. The summed E-state index contributed by atoms with van der Waals surface area (Å²) < 4.78 is 0. The Morgan fingerprint density at radius 2 is 1.67 bits per heavy atom. The van der Waals surface area contributed by atoms with Gasteiger partial charge in [0.1, 0.15) is 11.3 Å². The predicted octanol–water partition coefficient (Wildman–Crippen LogP) is 5.32. The summed E-state index contributed by atoms with van der Waals surface area (Å²) in [6.07, 6.45) is 6.17. The van der Waals surface area contributed by atoms with E-state index in [1.807, 2.05) is 18.2 Å². The minimum Gasteiger partial charge on any atom is -0.321 e. The summed E-state index contributed by atoms with van der Waals surface area (Å²) in [5.74, 6) is 0.563. The van der Waals surface area contributed by atoms with Crippen molar-refractivity contribution in [1.82, 2.24) is 5.48 Å². The first kappa shape index (κ1) is 19.9. The smallest absolute Gasteiger partial charge is 0.273 e. The van der Waals surface area contributed by atoms with Crippen molar-refractivity contribution in [1.29, 1.82) is 0 Å². The van der Waals surface area contributed by atoms with E-state index in [0.29, 0.717) is 17.0 Å². The highest BCUT2D eigenvalue weighted by atomic mass is 16.7. The van der Waals surface area contributed by atoms with Crippen LogP contribution in [0, 0.1) is 11.3 Å². The Kier molecular flexibility index (Phi) is 5.15. The maximum atomic E-state index is 12.6. The maximum absolute atomic E-state index is 12.6. The van der Waals surface area contributed by atoms with E-state index in [9.17, 15) is 4.79 Å². The molecule has 0 saturated heterocycles. The van der Waals surface area contributed by atoms with Crippen LogP contribution in [0.15, 0.2) is 36.0 Å². The molecule has 0 aromatic heterocycles. The number of rotatable bonds is 2. The van der Waals surface area contributed by atoms with E-state index in [4.69, 9.17) is 4.84 Å². The first-order valence-corrected chi connectivity index (χ1v) is 10.1. The third-order valence-electron chi connectivity index (χ3n) is 6.08. The van der Waals surface area contributed by atoms with Crippen LogP contribution in [-0.2, 0) is 15.0 Å². The number of benzene rings is 1. The molecule has 2 N–H and O–H groups in total. The molecule has 1 aliphatic carbocycles. The van der Waals surface area contributed by atoms with Gasteiger partial charge in [0.15, 0.2) is 0 Å². The van der Waals surface area contributed by atoms with Gasteiger partial charge >= 0.3 is 0 Å². The zero-order valence-electron chi connectivity index (χ0n) is 17.6. The molecule has 0 atom stereocenters. The van der Waals surface area contributed by atoms with Crippen molar-refractivity contribution < 1.29 is 9.63 Å². The average Bonchev–Trinajstić information content (AvgIpc) is 2.98. The summed E-state index contributed by atoms with van der Waals surface area (Å²) in [6.45, 7) is 13.5. The van der Waals surface area contributed by atoms with Crippen LogP contribution in [0.2, 0.25) is 0 Å². The van der Waals surface area contributed by atoms with Gasteiger partial charge in [-0.05, 0) is 66.2 Å². The molecule has 4 nitrogen and oxygen atoms in total. The van der Waals surface area contributed by atoms with Crippen LogP contribution in [0.4, 0.5) is 5.69 Å². The van der Waals surface area contributed by atoms with E-state index in [1.165, 1.54) is 5.56 Å². The molecule has 1 aromatic rings. The lowest BCUT2D eigenvalue weighted by Gasteiger charge is -2.40. The van der Waals surface area contributed by atoms with Gasteiger partial charge in [-0.1, -0.05) is 53.7 Å². The van der Waals surface area contributed by atoms with Crippen LogP contribution < -0.4 is 10.8 Å². The quantitative estimate of drug-likeness (QED) is 0.741. The first-order chi connectivity index (χ1) is 12.5. The molecule has 2 aliphatic rings. The van der Waals surface area contributed by atoms with E-state index in [0.717, 1.165) is 31.4 Å². The molecule has 0 radical (unpaired) electrons. The van der Waals surface area contributed by atoms with E-state index in [1.54, 1.807) is 0 Å². The lowest BCUT2D eigenvalue weighted by atomic mass is 9.68. The fourth-order valence-electron chi connectivity index (χ4n) is 4.06.